The molecule has 0 amide bonds. The highest BCUT2D eigenvalue weighted by molar-refractivity contribution is 7.21. The smallest absolute Gasteiger partial charge is 0.140 e. The van der Waals surface area contributed by atoms with Gasteiger partial charge < -0.3 is 4.90 Å². The molecule has 0 fully saturated rings. The van der Waals surface area contributed by atoms with Gasteiger partial charge in [0.2, 0.25) is 0 Å². The average Bonchev–Trinajstić information content (AvgIpc) is 3.12. The maximum Gasteiger partial charge on any atom is 0.140 e. The van der Waals surface area contributed by atoms with Crippen LogP contribution in [-0.4, -0.2) is 28.5 Å². The summed E-state index contributed by atoms with van der Waals surface area (Å²) in [6.07, 6.45) is 4.38. The molecule has 1 aromatic carbocycles. The third-order valence-electron chi connectivity index (χ3n) is 4.16. The van der Waals surface area contributed by atoms with Gasteiger partial charge >= 0.3 is 0 Å². The molecular formula is C20H18N4S. The molecule has 4 aromatic rings. The molecule has 25 heavy (non-hydrogen) atoms. The minimum Gasteiger partial charge on any atom is -0.359 e. The molecule has 0 aliphatic heterocycles. The monoisotopic (exact) mass is 346 g/mol. The molecule has 0 N–H and O–H groups in total. The molecule has 0 spiro atoms. The van der Waals surface area contributed by atoms with Gasteiger partial charge in [0, 0.05) is 36.8 Å². The van der Waals surface area contributed by atoms with Crippen LogP contribution in [0.4, 0.5) is 5.82 Å². The Balaban J connectivity index is 1.62. The minimum atomic E-state index is 0.861. The summed E-state index contributed by atoms with van der Waals surface area (Å²) in [5.41, 5.74) is 2.31. The summed E-state index contributed by atoms with van der Waals surface area (Å²) >= 11 is 1.71. The Kier molecular flexibility index (Phi) is 4.39. The van der Waals surface area contributed by atoms with E-state index < -0.39 is 0 Å². The molecule has 0 radical (unpaired) electrons. The molecule has 3 heterocycles. The normalized spacial score (nSPS) is 10.9. The zero-order valence-corrected chi connectivity index (χ0v) is 14.8. The minimum absolute atomic E-state index is 0.861. The van der Waals surface area contributed by atoms with Crippen molar-refractivity contribution in [3.63, 3.8) is 0 Å². The lowest BCUT2D eigenvalue weighted by atomic mass is 10.2. The first kappa shape index (κ1) is 15.7. The van der Waals surface area contributed by atoms with Crippen molar-refractivity contribution in [2.24, 2.45) is 0 Å². The summed E-state index contributed by atoms with van der Waals surface area (Å²) in [7, 11) is 2.07. The van der Waals surface area contributed by atoms with E-state index >= 15 is 0 Å². The molecule has 5 heteroatoms. The summed E-state index contributed by atoms with van der Waals surface area (Å²) in [5.74, 6) is 0.972. The van der Waals surface area contributed by atoms with E-state index in [2.05, 4.69) is 63.3 Å². The van der Waals surface area contributed by atoms with Crippen molar-refractivity contribution in [2.75, 3.05) is 18.5 Å². The van der Waals surface area contributed by atoms with Crippen LogP contribution in [0.3, 0.4) is 0 Å². The number of hydrogen-bond donors (Lipinski definition) is 0. The molecular weight excluding hydrogens is 328 g/mol. The second-order valence-electron chi connectivity index (χ2n) is 5.89. The van der Waals surface area contributed by atoms with Gasteiger partial charge in [0.05, 0.1) is 5.39 Å². The first-order valence-electron chi connectivity index (χ1n) is 8.22. The third kappa shape index (κ3) is 3.37. The van der Waals surface area contributed by atoms with Crippen molar-refractivity contribution in [1.29, 1.82) is 0 Å². The molecule has 0 bridgehead atoms. The van der Waals surface area contributed by atoms with Crippen molar-refractivity contribution in [1.82, 2.24) is 15.0 Å². The van der Waals surface area contributed by atoms with E-state index in [0.29, 0.717) is 0 Å². The first-order chi connectivity index (χ1) is 12.3. The second kappa shape index (κ2) is 6.99. The van der Waals surface area contributed by atoms with Crippen molar-refractivity contribution in [3.8, 4) is 10.4 Å². The highest BCUT2D eigenvalue weighted by Gasteiger charge is 2.13. The highest BCUT2D eigenvalue weighted by atomic mass is 32.1. The Morgan fingerprint density at radius 1 is 0.960 bits per heavy atom. The predicted molar refractivity (Wildman–Crippen MR) is 104 cm³/mol. The van der Waals surface area contributed by atoms with E-state index in [1.807, 2.05) is 24.4 Å². The number of aromatic nitrogens is 3. The van der Waals surface area contributed by atoms with Gasteiger partial charge in [-0.25, -0.2) is 9.97 Å². The molecule has 124 valence electrons. The Morgan fingerprint density at radius 3 is 2.60 bits per heavy atom. The number of nitrogens with zero attached hydrogens (tertiary/aromatic N) is 4. The van der Waals surface area contributed by atoms with Crippen LogP contribution in [0.5, 0.6) is 0 Å². The van der Waals surface area contributed by atoms with Gasteiger partial charge in [0.15, 0.2) is 0 Å². The van der Waals surface area contributed by atoms with E-state index in [4.69, 9.17) is 0 Å². The molecule has 4 rings (SSSR count). The van der Waals surface area contributed by atoms with Crippen LogP contribution in [0.1, 0.15) is 5.69 Å². The van der Waals surface area contributed by atoms with E-state index in [1.54, 1.807) is 17.7 Å². The SMILES string of the molecule is CN(CCc1ccccn1)c1ncnc2sc(-c3ccccc3)cc12. The highest BCUT2D eigenvalue weighted by Crippen LogP contribution is 2.35. The number of hydrogen-bond acceptors (Lipinski definition) is 5. The summed E-state index contributed by atoms with van der Waals surface area (Å²) in [5, 5.41) is 1.11. The molecule has 0 aliphatic rings. The molecule has 3 aromatic heterocycles. The van der Waals surface area contributed by atoms with Crippen LogP contribution in [0.15, 0.2) is 67.1 Å². The van der Waals surface area contributed by atoms with Crippen molar-refractivity contribution >= 4 is 27.4 Å². The number of rotatable bonds is 5. The van der Waals surface area contributed by atoms with Crippen LogP contribution >= 0.6 is 11.3 Å². The fourth-order valence-electron chi connectivity index (χ4n) is 2.83. The average molecular weight is 346 g/mol. The molecule has 0 atom stereocenters. The summed E-state index contributed by atoms with van der Waals surface area (Å²) < 4.78 is 0. The van der Waals surface area contributed by atoms with E-state index in [1.165, 1.54) is 10.4 Å². The number of thiophene rings is 1. The third-order valence-corrected chi connectivity index (χ3v) is 5.25. The lowest BCUT2D eigenvalue weighted by Crippen LogP contribution is -2.21. The lowest BCUT2D eigenvalue weighted by molar-refractivity contribution is 0.841. The number of likely N-dealkylation sites (N-methyl/N-ethyl adjacent to an activating group) is 1. The first-order valence-corrected chi connectivity index (χ1v) is 9.04. The zero-order valence-electron chi connectivity index (χ0n) is 14.0. The maximum absolute atomic E-state index is 4.53. The number of benzene rings is 1. The Morgan fingerprint density at radius 2 is 1.80 bits per heavy atom. The van der Waals surface area contributed by atoms with Crippen LogP contribution in [0.25, 0.3) is 20.7 Å². The predicted octanol–water partition coefficient (Wildman–Crippen LogP) is 4.43. The maximum atomic E-state index is 4.53. The number of pyridine rings is 1. The second-order valence-corrected chi connectivity index (χ2v) is 6.92. The van der Waals surface area contributed by atoms with E-state index in [0.717, 1.165) is 34.7 Å². The summed E-state index contributed by atoms with van der Waals surface area (Å²) in [6.45, 7) is 0.861. The molecule has 0 aliphatic carbocycles. The molecule has 0 saturated carbocycles. The van der Waals surface area contributed by atoms with Gasteiger partial charge in [-0.1, -0.05) is 36.4 Å². The van der Waals surface area contributed by atoms with Crippen molar-refractivity contribution in [2.45, 2.75) is 6.42 Å². The Hall–Kier alpha value is -2.79. The quantitative estimate of drug-likeness (QED) is 0.536. The van der Waals surface area contributed by atoms with Crippen molar-refractivity contribution < 1.29 is 0 Å². The van der Waals surface area contributed by atoms with E-state index in [9.17, 15) is 0 Å². The Bertz CT molecular complexity index is 967. The van der Waals surface area contributed by atoms with Gasteiger partial charge in [0.25, 0.3) is 0 Å². The fraction of sp³-hybridized carbons (Fsp3) is 0.150. The fourth-order valence-corrected chi connectivity index (χ4v) is 3.83. The van der Waals surface area contributed by atoms with Crippen LogP contribution in [0.2, 0.25) is 0 Å². The van der Waals surface area contributed by atoms with Gasteiger partial charge in [0.1, 0.15) is 17.0 Å². The molecule has 0 saturated heterocycles. The number of anilines is 1. The van der Waals surface area contributed by atoms with Crippen LogP contribution < -0.4 is 4.90 Å². The van der Waals surface area contributed by atoms with Crippen molar-refractivity contribution in [3.05, 3.63) is 72.8 Å². The van der Waals surface area contributed by atoms with Gasteiger partial charge in [-0.2, -0.15) is 0 Å². The van der Waals surface area contributed by atoms with Gasteiger partial charge in [-0.3, -0.25) is 4.98 Å². The standard InChI is InChI=1S/C20H18N4S/c1-24(12-10-16-9-5-6-11-21-16)19-17-13-18(15-7-3-2-4-8-15)25-20(17)23-14-22-19/h2-9,11,13-14H,10,12H2,1H3. The Labute approximate surface area is 150 Å². The van der Waals surface area contributed by atoms with Crippen LogP contribution in [0, 0.1) is 0 Å². The van der Waals surface area contributed by atoms with Crippen LogP contribution in [-0.2, 0) is 6.42 Å². The topological polar surface area (TPSA) is 41.9 Å². The molecule has 4 nitrogen and oxygen atoms in total. The van der Waals surface area contributed by atoms with Gasteiger partial charge in [-0.15, -0.1) is 11.3 Å². The van der Waals surface area contributed by atoms with E-state index in [-0.39, 0.29) is 0 Å². The van der Waals surface area contributed by atoms with Gasteiger partial charge in [-0.05, 0) is 23.8 Å². The number of fused-ring (bicyclic) bond motifs is 1. The summed E-state index contributed by atoms with van der Waals surface area (Å²) in [6, 6.07) is 18.6. The summed E-state index contributed by atoms with van der Waals surface area (Å²) in [4.78, 5) is 17.8. The zero-order chi connectivity index (χ0) is 17.1. The molecule has 0 unspecified atom stereocenters. The lowest BCUT2D eigenvalue weighted by Gasteiger charge is -2.18. The largest absolute Gasteiger partial charge is 0.359 e.